The van der Waals surface area contributed by atoms with E-state index in [2.05, 4.69) is 36.5 Å². The molecule has 0 aliphatic heterocycles. The fourth-order valence-electron chi connectivity index (χ4n) is 0.993. The van der Waals surface area contributed by atoms with Crippen molar-refractivity contribution in [2.75, 3.05) is 26.0 Å². The number of ether oxygens (including phenoxy) is 1. The van der Waals surface area contributed by atoms with Gasteiger partial charge in [0.1, 0.15) is 0 Å². The second-order valence-electron chi connectivity index (χ2n) is 2.90. The summed E-state index contributed by atoms with van der Waals surface area (Å²) in [5.41, 5.74) is 0. The van der Waals surface area contributed by atoms with Crippen LogP contribution in [0.15, 0.2) is 10.7 Å². The summed E-state index contributed by atoms with van der Waals surface area (Å²) >= 11 is 3.25. The van der Waals surface area contributed by atoms with Crippen molar-refractivity contribution in [3.05, 3.63) is 10.7 Å². The van der Waals surface area contributed by atoms with Crippen LogP contribution in [0.3, 0.4) is 0 Å². The number of nitrogens with zero attached hydrogens (tertiary/aromatic N) is 2. The zero-order valence-electron chi connectivity index (χ0n) is 9.08. The summed E-state index contributed by atoms with van der Waals surface area (Å²) in [5, 5.41) is 5.46. The first kappa shape index (κ1) is 12.7. The van der Waals surface area contributed by atoms with Crippen molar-refractivity contribution in [3.63, 3.8) is 0 Å². The van der Waals surface area contributed by atoms with E-state index in [-0.39, 0.29) is 5.91 Å². The van der Waals surface area contributed by atoms with E-state index < -0.39 is 0 Å². The van der Waals surface area contributed by atoms with Gasteiger partial charge in [-0.1, -0.05) is 0 Å². The maximum Gasteiger partial charge on any atom is 0.232 e. The average molecular weight is 289 g/mol. The SMILES string of the molecule is CNC(=O)CCNc1ncc(Br)c(OC)n1. The summed E-state index contributed by atoms with van der Waals surface area (Å²) in [6.07, 6.45) is 1.96. The summed E-state index contributed by atoms with van der Waals surface area (Å²) in [6, 6.07) is 0. The van der Waals surface area contributed by atoms with Gasteiger partial charge in [0, 0.05) is 20.0 Å². The lowest BCUT2D eigenvalue weighted by Crippen LogP contribution is -2.21. The Kier molecular flexibility index (Phi) is 4.97. The Morgan fingerprint density at radius 2 is 2.38 bits per heavy atom. The molecular formula is C9H13BrN4O2. The van der Waals surface area contributed by atoms with Crippen molar-refractivity contribution in [1.29, 1.82) is 0 Å². The Morgan fingerprint density at radius 3 is 3.00 bits per heavy atom. The molecule has 2 N–H and O–H groups in total. The molecule has 0 aliphatic carbocycles. The maximum absolute atomic E-state index is 11.0. The topological polar surface area (TPSA) is 76.1 Å². The van der Waals surface area contributed by atoms with Gasteiger partial charge in [0.05, 0.1) is 17.8 Å². The number of hydrogen-bond acceptors (Lipinski definition) is 5. The van der Waals surface area contributed by atoms with Crippen LogP contribution in [-0.2, 0) is 4.79 Å². The van der Waals surface area contributed by atoms with Crippen molar-refractivity contribution in [2.45, 2.75) is 6.42 Å². The summed E-state index contributed by atoms with van der Waals surface area (Å²) in [7, 11) is 3.13. The Hall–Kier alpha value is -1.37. The maximum atomic E-state index is 11.0. The van der Waals surface area contributed by atoms with Gasteiger partial charge in [-0.2, -0.15) is 4.98 Å². The van der Waals surface area contributed by atoms with Gasteiger partial charge in [0.2, 0.25) is 17.7 Å². The summed E-state index contributed by atoms with van der Waals surface area (Å²) in [6.45, 7) is 0.477. The van der Waals surface area contributed by atoms with Crippen molar-refractivity contribution in [1.82, 2.24) is 15.3 Å². The molecule has 0 unspecified atom stereocenters. The number of hydrogen-bond donors (Lipinski definition) is 2. The van der Waals surface area contributed by atoms with Gasteiger partial charge in [-0.3, -0.25) is 4.79 Å². The quantitative estimate of drug-likeness (QED) is 0.838. The van der Waals surface area contributed by atoms with Crippen LogP contribution in [0.2, 0.25) is 0 Å². The molecule has 6 nitrogen and oxygen atoms in total. The highest BCUT2D eigenvalue weighted by molar-refractivity contribution is 9.10. The zero-order chi connectivity index (χ0) is 12.0. The lowest BCUT2D eigenvalue weighted by Gasteiger charge is -2.06. The molecule has 0 spiro atoms. The van der Waals surface area contributed by atoms with Gasteiger partial charge in [-0.15, -0.1) is 0 Å². The lowest BCUT2D eigenvalue weighted by molar-refractivity contribution is -0.120. The number of halogens is 1. The van der Waals surface area contributed by atoms with Crippen LogP contribution in [0, 0.1) is 0 Å². The Labute approximate surface area is 102 Å². The van der Waals surface area contributed by atoms with E-state index in [0.717, 1.165) is 0 Å². The summed E-state index contributed by atoms with van der Waals surface area (Å²) in [4.78, 5) is 19.1. The molecule has 0 atom stereocenters. The van der Waals surface area contributed by atoms with E-state index in [0.29, 0.717) is 29.3 Å². The van der Waals surface area contributed by atoms with Crippen LogP contribution in [0.25, 0.3) is 0 Å². The number of amides is 1. The van der Waals surface area contributed by atoms with Crippen molar-refractivity contribution < 1.29 is 9.53 Å². The summed E-state index contributed by atoms with van der Waals surface area (Å²) in [5.74, 6) is 0.859. The molecule has 1 amide bonds. The second kappa shape index (κ2) is 6.26. The number of methoxy groups -OCH3 is 1. The number of nitrogens with one attached hydrogen (secondary N) is 2. The number of rotatable bonds is 5. The molecule has 0 bridgehead atoms. The molecule has 1 aromatic rings. The molecule has 1 heterocycles. The molecule has 0 radical (unpaired) electrons. The number of carbonyl (C=O) groups is 1. The molecular weight excluding hydrogens is 276 g/mol. The fraction of sp³-hybridized carbons (Fsp3) is 0.444. The lowest BCUT2D eigenvalue weighted by atomic mass is 10.4. The van der Waals surface area contributed by atoms with Gasteiger partial charge < -0.3 is 15.4 Å². The van der Waals surface area contributed by atoms with Gasteiger partial charge in [-0.25, -0.2) is 4.98 Å². The molecule has 0 fully saturated rings. The van der Waals surface area contributed by atoms with Gasteiger partial charge >= 0.3 is 0 Å². The van der Waals surface area contributed by atoms with Crippen LogP contribution in [0.5, 0.6) is 5.88 Å². The first-order valence-electron chi connectivity index (χ1n) is 4.68. The third-order valence-corrected chi connectivity index (χ3v) is 2.36. The molecule has 1 aromatic heterocycles. The van der Waals surface area contributed by atoms with E-state index >= 15 is 0 Å². The van der Waals surface area contributed by atoms with E-state index in [4.69, 9.17) is 4.74 Å². The number of anilines is 1. The van der Waals surface area contributed by atoms with E-state index in [1.807, 2.05) is 0 Å². The third kappa shape index (κ3) is 3.65. The first-order chi connectivity index (χ1) is 7.67. The Morgan fingerprint density at radius 1 is 1.62 bits per heavy atom. The normalized spacial score (nSPS) is 9.69. The highest BCUT2D eigenvalue weighted by Crippen LogP contribution is 2.21. The summed E-state index contributed by atoms with van der Waals surface area (Å²) < 4.78 is 5.70. The minimum Gasteiger partial charge on any atom is -0.480 e. The highest BCUT2D eigenvalue weighted by Gasteiger charge is 2.05. The third-order valence-electron chi connectivity index (χ3n) is 1.82. The van der Waals surface area contributed by atoms with Crippen molar-refractivity contribution in [2.24, 2.45) is 0 Å². The smallest absolute Gasteiger partial charge is 0.232 e. The molecule has 0 saturated carbocycles. The molecule has 88 valence electrons. The average Bonchev–Trinajstić information content (AvgIpc) is 2.31. The van der Waals surface area contributed by atoms with Crippen LogP contribution in [0.4, 0.5) is 5.95 Å². The molecule has 0 aliphatic rings. The number of carbonyl (C=O) groups excluding carboxylic acids is 1. The van der Waals surface area contributed by atoms with Gasteiger partial charge in [0.15, 0.2) is 0 Å². The van der Waals surface area contributed by atoms with Gasteiger partial charge in [-0.05, 0) is 15.9 Å². The minimum absolute atomic E-state index is 0.0309. The van der Waals surface area contributed by atoms with Crippen LogP contribution in [0.1, 0.15) is 6.42 Å². The fourth-order valence-corrected chi connectivity index (χ4v) is 1.35. The van der Waals surface area contributed by atoms with Crippen LogP contribution >= 0.6 is 15.9 Å². The Bertz CT molecular complexity index is 373. The van der Waals surface area contributed by atoms with E-state index in [9.17, 15) is 4.79 Å². The van der Waals surface area contributed by atoms with Crippen LogP contribution in [-0.4, -0.2) is 36.6 Å². The molecule has 7 heteroatoms. The highest BCUT2D eigenvalue weighted by atomic mass is 79.9. The first-order valence-corrected chi connectivity index (χ1v) is 5.47. The molecule has 0 saturated heterocycles. The van der Waals surface area contributed by atoms with Crippen LogP contribution < -0.4 is 15.4 Å². The number of aromatic nitrogens is 2. The Balaban J connectivity index is 2.51. The zero-order valence-corrected chi connectivity index (χ0v) is 10.7. The monoisotopic (exact) mass is 288 g/mol. The molecule has 16 heavy (non-hydrogen) atoms. The molecule has 1 rings (SSSR count). The predicted molar refractivity (Wildman–Crippen MR) is 63.5 cm³/mol. The second-order valence-corrected chi connectivity index (χ2v) is 3.76. The van der Waals surface area contributed by atoms with Crippen molar-refractivity contribution >= 4 is 27.8 Å². The van der Waals surface area contributed by atoms with E-state index in [1.165, 1.54) is 7.11 Å². The largest absolute Gasteiger partial charge is 0.480 e. The van der Waals surface area contributed by atoms with Crippen molar-refractivity contribution in [3.8, 4) is 5.88 Å². The van der Waals surface area contributed by atoms with E-state index in [1.54, 1.807) is 13.2 Å². The minimum atomic E-state index is -0.0309. The predicted octanol–water partition coefficient (Wildman–Crippen LogP) is 0.796. The van der Waals surface area contributed by atoms with Gasteiger partial charge in [0.25, 0.3) is 0 Å². The standard InChI is InChI=1S/C9H13BrN4O2/c1-11-7(15)3-4-12-9-13-5-6(10)8(14-9)16-2/h5H,3-4H2,1-2H3,(H,11,15)(H,12,13,14). The molecule has 0 aromatic carbocycles.